The first-order valence-electron chi connectivity index (χ1n) is 9.72. The summed E-state index contributed by atoms with van der Waals surface area (Å²) in [6.07, 6.45) is 2.32. The molecule has 2 aromatic carbocycles. The van der Waals surface area contributed by atoms with Gasteiger partial charge in [-0.2, -0.15) is 0 Å². The quantitative estimate of drug-likeness (QED) is 0.644. The van der Waals surface area contributed by atoms with Crippen molar-refractivity contribution >= 4 is 16.8 Å². The number of rotatable bonds is 7. The third-order valence-corrected chi connectivity index (χ3v) is 5.35. The van der Waals surface area contributed by atoms with E-state index in [-0.39, 0.29) is 24.9 Å². The maximum atomic E-state index is 12.6. The van der Waals surface area contributed by atoms with Gasteiger partial charge >= 0.3 is 5.69 Å². The lowest BCUT2D eigenvalue weighted by Gasteiger charge is -2.19. The largest absolute Gasteiger partial charge is 0.497 e. The van der Waals surface area contributed by atoms with Gasteiger partial charge in [0.2, 0.25) is 5.91 Å². The number of carbonyl (C=O) groups is 1. The fourth-order valence-corrected chi connectivity index (χ4v) is 3.64. The maximum absolute atomic E-state index is 12.6. The molecule has 0 spiro atoms. The number of carbonyl (C=O) groups excluding carboxylic acids is 1. The van der Waals surface area contributed by atoms with Crippen LogP contribution in [0.2, 0.25) is 0 Å². The van der Waals surface area contributed by atoms with Crippen molar-refractivity contribution in [1.29, 1.82) is 0 Å². The lowest BCUT2D eigenvalue weighted by atomic mass is 10.0. The number of para-hydroxylation sites is 1. The predicted octanol–water partition coefficient (Wildman–Crippen LogP) is 2.36. The number of nitrogens with zero attached hydrogens (tertiary/aromatic N) is 1. The monoisotopic (exact) mass is 393 g/mol. The number of H-pyrrole nitrogens is 1. The van der Waals surface area contributed by atoms with E-state index in [0.717, 1.165) is 24.2 Å². The third-order valence-electron chi connectivity index (χ3n) is 5.35. The van der Waals surface area contributed by atoms with E-state index in [1.165, 1.54) is 4.57 Å². The Labute approximate surface area is 167 Å². The molecule has 1 heterocycles. The van der Waals surface area contributed by atoms with E-state index >= 15 is 0 Å². The average Bonchev–Trinajstić information content (AvgIpc) is 3.57. The number of aromatic nitrogens is 2. The molecular weight excluding hydrogens is 370 g/mol. The van der Waals surface area contributed by atoms with Gasteiger partial charge in [0, 0.05) is 13.0 Å². The van der Waals surface area contributed by atoms with E-state index in [9.17, 15) is 14.4 Å². The van der Waals surface area contributed by atoms with Crippen LogP contribution in [-0.4, -0.2) is 22.6 Å². The van der Waals surface area contributed by atoms with Crippen molar-refractivity contribution in [2.75, 3.05) is 7.11 Å². The van der Waals surface area contributed by atoms with Crippen LogP contribution in [0.5, 0.6) is 5.75 Å². The van der Waals surface area contributed by atoms with Gasteiger partial charge < -0.3 is 10.1 Å². The fraction of sp³-hybridized carbons (Fsp3) is 0.318. The first kappa shape index (κ1) is 19.0. The molecule has 1 aliphatic rings. The SMILES string of the molecule is COc1ccc([C@@H](NC(=O)CCn2c(=O)[nH]c(=O)c3ccccc32)C2CC2)cc1. The molecule has 0 unspecified atom stereocenters. The Balaban J connectivity index is 1.49. The van der Waals surface area contributed by atoms with Crippen LogP contribution in [0.1, 0.15) is 30.9 Å². The highest BCUT2D eigenvalue weighted by Gasteiger charge is 2.33. The van der Waals surface area contributed by atoms with Crippen LogP contribution in [0.3, 0.4) is 0 Å². The first-order chi connectivity index (χ1) is 14.1. The summed E-state index contributed by atoms with van der Waals surface area (Å²) in [6.45, 7) is 0.196. The molecule has 7 nitrogen and oxygen atoms in total. The summed E-state index contributed by atoms with van der Waals surface area (Å²) < 4.78 is 6.64. The smallest absolute Gasteiger partial charge is 0.328 e. The molecule has 0 radical (unpaired) electrons. The van der Waals surface area contributed by atoms with E-state index in [2.05, 4.69) is 10.3 Å². The molecule has 1 saturated carbocycles. The number of fused-ring (bicyclic) bond motifs is 1. The molecule has 1 fully saturated rings. The molecule has 150 valence electrons. The second kappa shape index (κ2) is 7.95. The number of aromatic amines is 1. The highest BCUT2D eigenvalue weighted by atomic mass is 16.5. The summed E-state index contributed by atoms with van der Waals surface area (Å²) in [5.74, 6) is 1.09. The van der Waals surface area contributed by atoms with Gasteiger partial charge in [0.15, 0.2) is 0 Å². The van der Waals surface area contributed by atoms with Crippen molar-refractivity contribution in [3.63, 3.8) is 0 Å². The fourth-order valence-electron chi connectivity index (χ4n) is 3.64. The van der Waals surface area contributed by atoms with Crippen LogP contribution in [0.4, 0.5) is 0 Å². The lowest BCUT2D eigenvalue weighted by Crippen LogP contribution is -2.34. The summed E-state index contributed by atoms with van der Waals surface area (Å²) in [5.41, 5.74) is 0.659. The zero-order valence-corrected chi connectivity index (χ0v) is 16.2. The standard InChI is InChI=1S/C22H23N3O4/c1-29-16-10-8-15(9-11-16)20(14-6-7-14)23-19(26)12-13-25-18-5-3-2-4-17(18)21(27)24-22(25)28/h2-5,8-11,14,20H,6-7,12-13H2,1H3,(H,23,26)(H,24,27,28)/t20-/m0/s1. The first-order valence-corrected chi connectivity index (χ1v) is 9.72. The number of aryl methyl sites for hydroxylation is 1. The Hall–Kier alpha value is -3.35. The molecule has 1 aliphatic carbocycles. The molecule has 3 aromatic rings. The van der Waals surface area contributed by atoms with Crippen molar-refractivity contribution in [2.45, 2.75) is 31.8 Å². The number of nitrogens with one attached hydrogen (secondary N) is 2. The number of methoxy groups -OCH3 is 1. The minimum absolute atomic E-state index is 0.0440. The van der Waals surface area contributed by atoms with E-state index in [0.29, 0.717) is 16.8 Å². The predicted molar refractivity (Wildman–Crippen MR) is 110 cm³/mol. The highest BCUT2D eigenvalue weighted by Crippen LogP contribution is 2.41. The zero-order chi connectivity index (χ0) is 20.4. The Bertz CT molecular complexity index is 1140. The molecule has 2 N–H and O–H groups in total. The number of benzene rings is 2. The van der Waals surface area contributed by atoms with Crippen LogP contribution < -0.4 is 21.3 Å². The molecule has 0 aliphatic heterocycles. The molecule has 1 atom stereocenters. The number of hydrogen-bond acceptors (Lipinski definition) is 4. The van der Waals surface area contributed by atoms with Crippen molar-refractivity contribution in [2.24, 2.45) is 5.92 Å². The van der Waals surface area contributed by atoms with Gasteiger partial charge in [-0.15, -0.1) is 0 Å². The van der Waals surface area contributed by atoms with Crippen LogP contribution >= 0.6 is 0 Å². The van der Waals surface area contributed by atoms with Crippen molar-refractivity contribution < 1.29 is 9.53 Å². The Kier molecular flexibility index (Phi) is 5.20. The number of amides is 1. The Morgan fingerprint density at radius 1 is 1.17 bits per heavy atom. The molecular formula is C22H23N3O4. The summed E-state index contributed by atoms with van der Waals surface area (Å²) in [6, 6.07) is 14.6. The van der Waals surface area contributed by atoms with Crippen molar-refractivity contribution in [3.8, 4) is 5.75 Å². The molecule has 0 saturated heterocycles. The topological polar surface area (TPSA) is 93.2 Å². The Morgan fingerprint density at radius 2 is 1.90 bits per heavy atom. The molecule has 1 aromatic heterocycles. The van der Waals surface area contributed by atoms with Gasteiger partial charge in [0.1, 0.15) is 5.75 Å². The molecule has 7 heteroatoms. The summed E-state index contributed by atoms with van der Waals surface area (Å²) in [7, 11) is 1.62. The minimum atomic E-state index is -0.504. The van der Waals surface area contributed by atoms with Gasteiger partial charge in [-0.3, -0.25) is 19.1 Å². The second-order valence-corrected chi connectivity index (χ2v) is 7.33. The van der Waals surface area contributed by atoms with Crippen LogP contribution in [-0.2, 0) is 11.3 Å². The highest BCUT2D eigenvalue weighted by molar-refractivity contribution is 5.79. The van der Waals surface area contributed by atoms with Gasteiger partial charge in [0.25, 0.3) is 5.56 Å². The molecule has 0 bridgehead atoms. The van der Waals surface area contributed by atoms with E-state index in [4.69, 9.17) is 4.74 Å². The summed E-state index contributed by atoms with van der Waals surface area (Å²) in [4.78, 5) is 39.2. The minimum Gasteiger partial charge on any atom is -0.497 e. The second-order valence-electron chi connectivity index (χ2n) is 7.33. The van der Waals surface area contributed by atoms with E-state index < -0.39 is 11.2 Å². The summed E-state index contributed by atoms with van der Waals surface area (Å²) in [5, 5.41) is 3.55. The number of hydrogen-bond donors (Lipinski definition) is 2. The normalized spacial score (nSPS) is 14.5. The van der Waals surface area contributed by atoms with Crippen molar-refractivity contribution in [3.05, 3.63) is 74.9 Å². The van der Waals surface area contributed by atoms with Crippen LogP contribution in [0, 0.1) is 5.92 Å². The van der Waals surface area contributed by atoms with E-state index in [1.807, 2.05) is 24.3 Å². The molecule has 29 heavy (non-hydrogen) atoms. The number of ether oxygens (including phenoxy) is 1. The zero-order valence-electron chi connectivity index (χ0n) is 16.2. The summed E-state index contributed by atoms with van der Waals surface area (Å²) >= 11 is 0. The van der Waals surface area contributed by atoms with Gasteiger partial charge in [-0.05, 0) is 48.6 Å². The van der Waals surface area contributed by atoms with Gasteiger partial charge in [-0.25, -0.2) is 4.79 Å². The van der Waals surface area contributed by atoms with Crippen LogP contribution in [0.15, 0.2) is 58.1 Å². The maximum Gasteiger partial charge on any atom is 0.328 e. The van der Waals surface area contributed by atoms with Crippen molar-refractivity contribution in [1.82, 2.24) is 14.9 Å². The lowest BCUT2D eigenvalue weighted by molar-refractivity contribution is -0.122. The van der Waals surface area contributed by atoms with E-state index in [1.54, 1.807) is 31.4 Å². The molecule has 4 rings (SSSR count). The third kappa shape index (κ3) is 4.08. The van der Waals surface area contributed by atoms with Gasteiger partial charge in [0.05, 0.1) is 24.1 Å². The van der Waals surface area contributed by atoms with Gasteiger partial charge in [-0.1, -0.05) is 24.3 Å². The van der Waals surface area contributed by atoms with Crippen LogP contribution in [0.25, 0.3) is 10.9 Å². The molecule has 1 amide bonds. The average molecular weight is 393 g/mol. The Morgan fingerprint density at radius 3 is 2.59 bits per heavy atom.